The largest absolute Gasteiger partial charge is 0.396 e. The van der Waals surface area contributed by atoms with Crippen molar-refractivity contribution in [2.45, 2.75) is 69.2 Å². The number of rotatable bonds is 11. The number of unbranched alkanes of at least 4 members (excludes halogenated alkanes) is 4. The Bertz CT molecular complexity index is 222. The van der Waals surface area contributed by atoms with Crippen LogP contribution < -0.4 is 0 Å². The quantitative estimate of drug-likeness (QED) is 0.437. The average Bonchev–Trinajstić information content (AvgIpc) is 3.21. The Morgan fingerprint density at radius 3 is 1.89 bits per heavy atom. The van der Waals surface area contributed by atoms with Crippen molar-refractivity contribution in [1.82, 2.24) is 0 Å². The molecule has 4 heteroatoms. The van der Waals surface area contributed by atoms with Crippen molar-refractivity contribution in [3.05, 3.63) is 0 Å². The topological polar surface area (TPSA) is 65.5 Å². The molecule has 2 fully saturated rings. The second kappa shape index (κ2) is 6.85. The number of aliphatic hydroxyl groups excluding tert-OH is 1. The van der Waals surface area contributed by atoms with Gasteiger partial charge < -0.3 is 19.7 Å². The lowest BCUT2D eigenvalue weighted by Gasteiger charge is -2.27. The molecule has 2 saturated heterocycles. The molecular weight excluding hydrogens is 232 g/mol. The van der Waals surface area contributed by atoms with Gasteiger partial charge >= 0.3 is 0 Å². The van der Waals surface area contributed by atoms with Gasteiger partial charge in [-0.1, -0.05) is 25.7 Å². The fourth-order valence-corrected chi connectivity index (χ4v) is 2.60. The Kier molecular flexibility index (Phi) is 5.42. The maximum atomic E-state index is 10.6. The summed E-state index contributed by atoms with van der Waals surface area (Å²) >= 11 is 0. The van der Waals surface area contributed by atoms with Gasteiger partial charge in [-0.05, 0) is 12.8 Å². The predicted octanol–water partition coefficient (Wildman–Crippen LogP) is 1.63. The molecule has 2 heterocycles. The molecule has 0 amide bonds. The normalized spacial score (nSPS) is 29.0. The second-order valence-electron chi connectivity index (χ2n) is 5.78. The molecule has 2 unspecified atom stereocenters. The van der Waals surface area contributed by atoms with Crippen molar-refractivity contribution >= 4 is 0 Å². The molecule has 2 aliphatic heterocycles. The van der Waals surface area contributed by atoms with Crippen LogP contribution >= 0.6 is 0 Å². The van der Waals surface area contributed by atoms with E-state index < -0.39 is 5.60 Å². The van der Waals surface area contributed by atoms with Crippen molar-refractivity contribution in [3.8, 4) is 0 Å². The SMILES string of the molecule is OCCCCCCCC(O)(CC1CO1)CC1CO1. The summed E-state index contributed by atoms with van der Waals surface area (Å²) in [6.45, 7) is 1.91. The maximum Gasteiger partial charge on any atom is 0.0837 e. The summed E-state index contributed by atoms with van der Waals surface area (Å²) in [4.78, 5) is 0. The molecule has 0 aliphatic carbocycles. The van der Waals surface area contributed by atoms with Gasteiger partial charge in [-0.15, -0.1) is 0 Å². The van der Waals surface area contributed by atoms with Gasteiger partial charge in [0, 0.05) is 19.4 Å². The minimum atomic E-state index is -0.584. The molecule has 2 rings (SSSR count). The van der Waals surface area contributed by atoms with E-state index in [4.69, 9.17) is 14.6 Å². The van der Waals surface area contributed by atoms with Gasteiger partial charge in [0.05, 0.1) is 31.0 Å². The molecule has 0 bridgehead atoms. The van der Waals surface area contributed by atoms with E-state index in [2.05, 4.69) is 0 Å². The van der Waals surface area contributed by atoms with E-state index >= 15 is 0 Å². The van der Waals surface area contributed by atoms with Crippen LogP contribution in [0.25, 0.3) is 0 Å². The highest BCUT2D eigenvalue weighted by Crippen LogP contribution is 2.34. The monoisotopic (exact) mass is 258 g/mol. The standard InChI is InChI=1S/C14H26O4/c15-7-5-3-1-2-4-6-14(16,8-12-10-17-12)9-13-11-18-13/h12-13,15-16H,1-11H2. The van der Waals surface area contributed by atoms with Crippen LogP contribution in [0, 0.1) is 0 Å². The van der Waals surface area contributed by atoms with Crippen molar-refractivity contribution in [2.24, 2.45) is 0 Å². The van der Waals surface area contributed by atoms with Crippen LogP contribution in [0.3, 0.4) is 0 Å². The number of hydrogen-bond acceptors (Lipinski definition) is 4. The molecule has 0 saturated carbocycles. The minimum Gasteiger partial charge on any atom is -0.396 e. The fourth-order valence-electron chi connectivity index (χ4n) is 2.60. The van der Waals surface area contributed by atoms with E-state index in [1.54, 1.807) is 0 Å². The molecule has 2 aliphatic rings. The van der Waals surface area contributed by atoms with Gasteiger partial charge in [-0.2, -0.15) is 0 Å². The molecule has 18 heavy (non-hydrogen) atoms. The molecule has 0 aromatic carbocycles. The maximum absolute atomic E-state index is 10.6. The van der Waals surface area contributed by atoms with Gasteiger partial charge in [0.25, 0.3) is 0 Å². The van der Waals surface area contributed by atoms with E-state index in [0.29, 0.717) is 6.61 Å². The lowest BCUT2D eigenvalue weighted by atomic mass is 9.86. The van der Waals surface area contributed by atoms with Crippen LogP contribution in [-0.4, -0.2) is 47.8 Å². The summed E-state index contributed by atoms with van der Waals surface area (Å²) in [5.41, 5.74) is -0.584. The van der Waals surface area contributed by atoms with Gasteiger partial charge in [0.2, 0.25) is 0 Å². The zero-order valence-electron chi connectivity index (χ0n) is 11.1. The average molecular weight is 258 g/mol. The third-order valence-electron chi connectivity index (χ3n) is 3.82. The Morgan fingerprint density at radius 2 is 1.39 bits per heavy atom. The van der Waals surface area contributed by atoms with Crippen molar-refractivity contribution in [2.75, 3.05) is 19.8 Å². The third kappa shape index (κ3) is 5.65. The number of epoxide rings is 2. The molecule has 0 spiro atoms. The highest BCUT2D eigenvalue weighted by molar-refractivity contribution is 4.90. The predicted molar refractivity (Wildman–Crippen MR) is 68.5 cm³/mol. The minimum absolute atomic E-state index is 0.281. The number of hydrogen-bond donors (Lipinski definition) is 2. The van der Waals surface area contributed by atoms with Crippen molar-refractivity contribution in [1.29, 1.82) is 0 Å². The highest BCUT2D eigenvalue weighted by atomic mass is 16.6. The van der Waals surface area contributed by atoms with Gasteiger partial charge in [0.1, 0.15) is 0 Å². The summed E-state index contributed by atoms with van der Waals surface area (Å²) in [6.07, 6.45) is 8.28. The number of ether oxygens (including phenoxy) is 2. The second-order valence-corrected chi connectivity index (χ2v) is 5.78. The first kappa shape index (κ1) is 14.3. The van der Waals surface area contributed by atoms with E-state index in [1.165, 1.54) is 0 Å². The van der Waals surface area contributed by atoms with Gasteiger partial charge in [-0.3, -0.25) is 0 Å². The van der Waals surface area contributed by atoms with E-state index in [-0.39, 0.29) is 12.2 Å². The van der Waals surface area contributed by atoms with Crippen LogP contribution in [0.4, 0.5) is 0 Å². The summed E-state index contributed by atoms with van der Waals surface area (Å²) in [5.74, 6) is 0. The molecule has 0 aromatic heterocycles. The zero-order chi connectivity index (χ0) is 12.8. The molecule has 0 radical (unpaired) electrons. The lowest BCUT2D eigenvalue weighted by Crippen LogP contribution is -2.32. The first-order valence-electron chi connectivity index (χ1n) is 7.28. The van der Waals surface area contributed by atoms with E-state index in [9.17, 15) is 5.11 Å². The molecule has 0 aromatic rings. The molecule has 4 nitrogen and oxygen atoms in total. The van der Waals surface area contributed by atoms with Crippen LogP contribution in [-0.2, 0) is 9.47 Å². The van der Waals surface area contributed by atoms with Crippen LogP contribution in [0.15, 0.2) is 0 Å². The molecule has 2 atom stereocenters. The Labute approximate surface area is 109 Å². The van der Waals surface area contributed by atoms with Crippen LogP contribution in [0.2, 0.25) is 0 Å². The van der Waals surface area contributed by atoms with Crippen LogP contribution in [0.5, 0.6) is 0 Å². The molecular formula is C14H26O4. The highest BCUT2D eigenvalue weighted by Gasteiger charge is 2.40. The summed E-state index contributed by atoms with van der Waals surface area (Å²) in [5, 5.41) is 19.3. The van der Waals surface area contributed by atoms with Gasteiger partial charge in [-0.25, -0.2) is 0 Å². The summed E-state index contributed by atoms with van der Waals surface area (Å²) < 4.78 is 10.5. The molecule has 2 N–H and O–H groups in total. The summed E-state index contributed by atoms with van der Waals surface area (Å²) in [7, 11) is 0. The van der Waals surface area contributed by atoms with Crippen molar-refractivity contribution in [3.63, 3.8) is 0 Å². The van der Waals surface area contributed by atoms with E-state index in [1.807, 2.05) is 0 Å². The van der Waals surface area contributed by atoms with Gasteiger partial charge in [0.15, 0.2) is 0 Å². The van der Waals surface area contributed by atoms with Crippen molar-refractivity contribution < 1.29 is 19.7 Å². The van der Waals surface area contributed by atoms with Crippen LogP contribution in [0.1, 0.15) is 51.4 Å². The zero-order valence-corrected chi connectivity index (χ0v) is 11.1. The Balaban J connectivity index is 1.60. The number of aliphatic hydroxyl groups is 2. The Hall–Kier alpha value is -0.160. The fraction of sp³-hybridized carbons (Fsp3) is 1.00. The third-order valence-corrected chi connectivity index (χ3v) is 3.82. The van der Waals surface area contributed by atoms with E-state index in [0.717, 1.165) is 64.6 Å². The first-order chi connectivity index (χ1) is 8.72. The molecule has 106 valence electrons. The Morgan fingerprint density at radius 1 is 0.889 bits per heavy atom. The summed E-state index contributed by atoms with van der Waals surface area (Å²) in [6, 6.07) is 0. The smallest absolute Gasteiger partial charge is 0.0837 e. The first-order valence-corrected chi connectivity index (χ1v) is 7.28. The lowest BCUT2D eigenvalue weighted by molar-refractivity contribution is -0.000719.